The molecule has 2 amide bonds. The van der Waals surface area contributed by atoms with Gasteiger partial charge in [0.2, 0.25) is 11.8 Å². The van der Waals surface area contributed by atoms with Crippen molar-refractivity contribution in [2.24, 2.45) is 0 Å². The highest BCUT2D eigenvalue weighted by atomic mass is 16.7. The van der Waals surface area contributed by atoms with Crippen LogP contribution in [0.5, 0.6) is 0 Å². The number of morpholine rings is 1. The second-order valence-electron chi connectivity index (χ2n) is 7.27. The van der Waals surface area contributed by atoms with Gasteiger partial charge in [0.15, 0.2) is 6.29 Å². The number of hydrogen-bond acceptors (Lipinski definition) is 5. The fourth-order valence-corrected chi connectivity index (χ4v) is 3.92. The van der Waals surface area contributed by atoms with Gasteiger partial charge in [0.05, 0.1) is 13.2 Å². The Morgan fingerprint density at radius 3 is 2.41 bits per heavy atom. The molecule has 2 aromatic rings. The van der Waals surface area contributed by atoms with Crippen molar-refractivity contribution < 1.29 is 24.2 Å². The van der Waals surface area contributed by atoms with Crippen LogP contribution in [0.1, 0.15) is 5.56 Å². The van der Waals surface area contributed by atoms with E-state index in [0.29, 0.717) is 6.54 Å². The van der Waals surface area contributed by atoms with Crippen molar-refractivity contribution in [1.82, 2.24) is 9.80 Å². The fraction of sp³-hybridized carbons (Fsp3) is 0.364. The molecule has 2 saturated heterocycles. The Hall–Kier alpha value is -2.74. The summed E-state index contributed by atoms with van der Waals surface area (Å²) in [7, 11) is 1.47. The number of amides is 2. The lowest BCUT2D eigenvalue weighted by Gasteiger charge is -2.47. The topological polar surface area (TPSA) is 79.3 Å². The second kappa shape index (κ2) is 8.32. The van der Waals surface area contributed by atoms with Crippen molar-refractivity contribution in [3.63, 3.8) is 0 Å². The molecule has 0 spiro atoms. The molecule has 1 unspecified atom stereocenters. The normalized spacial score (nSPS) is 24.6. The van der Waals surface area contributed by atoms with Crippen molar-refractivity contribution in [2.75, 3.05) is 26.8 Å². The highest BCUT2D eigenvalue weighted by Gasteiger charge is 2.48. The molecule has 2 aromatic carbocycles. The maximum absolute atomic E-state index is 13.1. The maximum atomic E-state index is 13.1. The van der Waals surface area contributed by atoms with Crippen LogP contribution >= 0.6 is 0 Å². The smallest absolute Gasteiger partial charge is 0.248 e. The van der Waals surface area contributed by atoms with E-state index < -0.39 is 18.4 Å². The van der Waals surface area contributed by atoms with Gasteiger partial charge in [0, 0.05) is 13.7 Å². The largest absolute Gasteiger partial charge is 0.394 e. The highest BCUT2D eigenvalue weighted by molar-refractivity contribution is 5.95. The number of carbonyl (C=O) groups excluding carboxylic acids is 2. The first kappa shape index (κ1) is 19.6. The monoisotopic (exact) mass is 396 g/mol. The number of hydrogen-bond donors (Lipinski definition) is 1. The first-order chi connectivity index (χ1) is 14.1. The summed E-state index contributed by atoms with van der Waals surface area (Å²) in [6, 6.07) is 17.2. The number of piperazine rings is 1. The lowest BCUT2D eigenvalue weighted by atomic mass is 10.0. The minimum absolute atomic E-state index is 0.00432. The Labute approximate surface area is 169 Å². The molecule has 0 aliphatic carbocycles. The van der Waals surface area contributed by atoms with Gasteiger partial charge in [0.1, 0.15) is 18.7 Å². The molecule has 0 saturated carbocycles. The van der Waals surface area contributed by atoms with Crippen LogP contribution in [-0.4, -0.2) is 72.0 Å². The second-order valence-corrected chi connectivity index (χ2v) is 7.27. The summed E-state index contributed by atoms with van der Waals surface area (Å²) in [5, 5.41) is 9.67. The third-order valence-electron chi connectivity index (χ3n) is 5.45. The zero-order valence-electron chi connectivity index (χ0n) is 16.2. The van der Waals surface area contributed by atoms with Gasteiger partial charge in [-0.1, -0.05) is 54.6 Å². The number of ether oxygens (including phenoxy) is 2. The summed E-state index contributed by atoms with van der Waals surface area (Å²) in [5.74, 6) is -0.385. The van der Waals surface area contributed by atoms with E-state index >= 15 is 0 Å². The van der Waals surface area contributed by atoms with E-state index in [0.717, 1.165) is 16.7 Å². The molecule has 0 aromatic heterocycles. The Morgan fingerprint density at radius 2 is 1.76 bits per heavy atom. The molecule has 2 heterocycles. The van der Waals surface area contributed by atoms with E-state index in [2.05, 4.69) is 0 Å². The third-order valence-corrected chi connectivity index (χ3v) is 5.45. The van der Waals surface area contributed by atoms with Crippen LogP contribution in [0.15, 0.2) is 54.6 Å². The van der Waals surface area contributed by atoms with Gasteiger partial charge in [-0.15, -0.1) is 0 Å². The van der Waals surface area contributed by atoms with Gasteiger partial charge in [-0.2, -0.15) is 0 Å². The zero-order valence-corrected chi connectivity index (χ0v) is 16.2. The van der Waals surface area contributed by atoms with Crippen LogP contribution in [-0.2, 0) is 25.6 Å². The average molecular weight is 396 g/mol. The van der Waals surface area contributed by atoms with Crippen LogP contribution < -0.4 is 0 Å². The van der Waals surface area contributed by atoms with Crippen molar-refractivity contribution in [3.8, 4) is 11.1 Å². The molecule has 2 aliphatic heterocycles. The van der Waals surface area contributed by atoms with E-state index in [-0.39, 0.29) is 31.5 Å². The third kappa shape index (κ3) is 3.89. The van der Waals surface area contributed by atoms with Crippen LogP contribution in [0.2, 0.25) is 0 Å². The number of nitrogens with zero attached hydrogens (tertiary/aromatic N) is 2. The van der Waals surface area contributed by atoms with Crippen LogP contribution in [0.4, 0.5) is 0 Å². The summed E-state index contributed by atoms with van der Waals surface area (Å²) in [5.41, 5.74) is 3.15. The number of fused-ring (bicyclic) bond motifs is 1. The van der Waals surface area contributed by atoms with Crippen molar-refractivity contribution in [3.05, 3.63) is 60.2 Å². The summed E-state index contributed by atoms with van der Waals surface area (Å²) < 4.78 is 10.8. The van der Waals surface area contributed by atoms with E-state index in [4.69, 9.17) is 9.47 Å². The van der Waals surface area contributed by atoms with Gasteiger partial charge in [-0.25, -0.2) is 0 Å². The molecular formula is C22H24N2O5. The average Bonchev–Trinajstić information content (AvgIpc) is 2.77. The molecule has 7 nitrogen and oxygen atoms in total. The first-order valence-corrected chi connectivity index (χ1v) is 9.62. The predicted octanol–water partition coefficient (Wildman–Crippen LogP) is 1.26. The Balaban J connectivity index is 1.50. The lowest BCUT2D eigenvalue weighted by molar-refractivity contribution is -0.231. The zero-order chi connectivity index (χ0) is 20.4. The van der Waals surface area contributed by atoms with E-state index in [1.807, 2.05) is 54.6 Å². The van der Waals surface area contributed by atoms with Crippen LogP contribution in [0.25, 0.3) is 11.1 Å². The minimum atomic E-state index is -0.823. The molecule has 4 rings (SSSR count). The number of methoxy groups -OCH3 is 1. The molecular weight excluding hydrogens is 372 g/mol. The van der Waals surface area contributed by atoms with Crippen molar-refractivity contribution in [2.45, 2.75) is 25.0 Å². The molecule has 0 bridgehead atoms. The van der Waals surface area contributed by atoms with Crippen LogP contribution in [0, 0.1) is 0 Å². The highest BCUT2D eigenvalue weighted by Crippen LogP contribution is 2.26. The summed E-state index contributed by atoms with van der Waals surface area (Å²) in [6.45, 7) is 0.154. The predicted molar refractivity (Wildman–Crippen MR) is 106 cm³/mol. The molecule has 2 fully saturated rings. The molecule has 0 radical (unpaired) electrons. The Kier molecular flexibility index (Phi) is 5.62. The number of benzene rings is 2. The molecule has 152 valence electrons. The Morgan fingerprint density at radius 1 is 1.07 bits per heavy atom. The maximum Gasteiger partial charge on any atom is 0.248 e. The van der Waals surface area contributed by atoms with Gasteiger partial charge in [-0.3, -0.25) is 9.59 Å². The number of carbonyl (C=O) groups is 2. The quantitative estimate of drug-likeness (QED) is 0.823. The standard InChI is InChI=1S/C22H24N2O5/c1-28-20-13-24-19(26)12-23(22(27)21(24)18(14-25)29-20)11-15-7-9-17(10-8-15)16-5-3-2-4-6-16/h2-10,18,20-21,25H,11-14H2,1H3/t18-,20?,21-/m0/s1. The molecule has 3 atom stereocenters. The van der Waals surface area contributed by atoms with E-state index in [1.54, 1.807) is 0 Å². The lowest BCUT2D eigenvalue weighted by Crippen LogP contribution is -2.69. The SMILES string of the molecule is COC1CN2C(=O)CN(Cc3ccc(-c4ccccc4)cc3)C(=O)[C@@H]2[C@H](CO)O1. The fourth-order valence-electron chi connectivity index (χ4n) is 3.92. The summed E-state index contributed by atoms with van der Waals surface area (Å²) >= 11 is 0. The van der Waals surface area contributed by atoms with Gasteiger partial charge in [-0.05, 0) is 16.7 Å². The molecule has 7 heteroatoms. The van der Waals surface area contributed by atoms with Crippen molar-refractivity contribution >= 4 is 11.8 Å². The summed E-state index contributed by atoms with van der Waals surface area (Å²) in [4.78, 5) is 28.7. The number of rotatable bonds is 5. The van der Waals surface area contributed by atoms with Gasteiger partial charge in [0.25, 0.3) is 0 Å². The van der Waals surface area contributed by atoms with E-state index in [9.17, 15) is 14.7 Å². The first-order valence-electron chi connectivity index (χ1n) is 9.62. The van der Waals surface area contributed by atoms with Crippen molar-refractivity contribution in [1.29, 1.82) is 0 Å². The Bertz CT molecular complexity index is 871. The van der Waals surface area contributed by atoms with Gasteiger partial charge < -0.3 is 24.4 Å². The number of aliphatic hydroxyl groups excluding tert-OH is 1. The minimum Gasteiger partial charge on any atom is -0.394 e. The van der Waals surface area contributed by atoms with E-state index in [1.165, 1.54) is 16.9 Å². The molecule has 2 aliphatic rings. The van der Waals surface area contributed by atoms with Crippen LogP contribution in [0.3, 0.4) is 0 Å². The molecule has 1 N–H and O–H groups in total. The number of aliphatic hydroxyl groups is 1. The summed E-state index contributed by atoms with van der Waals surface area (Å²) in [6.07, 6.45) is -1.44. The van der Waals surface area contributed by atoms with Gasteiger partial charge >= 0.3 is 0 Å². The molecule has 29 heavy (non-hydrogen) atoms.